The average Bonchev–Trinajstić information content (AvgIpc) is 2.06. The molecule has 0 radical (unpaired) electrons. The quantitative estimate of drug-likeness (QED) is 0.514. The number of rotatable bonds is 7. The van der Waals surface area contributed by atoms with E-state index in [1.165, 1.54) is 38.5 Å². The van der Waals surface area contributed by atoms with Crippen LogP contribution >= 0.6 is 0 Å². The first-order chi connectivity index (χ1) is 5.74. The molecule has 0 aliphatic carbocycles. The van der Waals surface area contributed by atoms with E-state index in [0.29, 0.717) is 0 Å². The SMILES string of the molecule is C=NC(CCC)(CCC)CCC. The molecule has 0 unspecified atom stereocenters. The first kappa shape index (κ1) is 11.7. The van der Waals surface area contributed by atoms with Crippen molar-refractivity contribution in [2.24, 2.45) is 4.99 Å². The molecule has 1 heteroatoms. The van der Waals surface area contributed by atoms with Crippen molar-refractivity contribution in [3.05, 3.63) is 0 Å². The second-order valence-electron chi connectivity index (χ2n) is 3.63. The standard InChI is InChI=1S/C11H23N/c1-5-8-11(12-4,9-6-2)10-7-3/h4-10H2,1-3H3. The summed E-state index contributed by atoms with van der Waals surface area (Å²) in [6.07, 6.45) is 7.28. The van der Waals surface area contributed by atoms with Gasteiger partial charge in [0.2, 0.25) is 0 Å². The molecule has 0 saturated carbocycles. The van der Waals surface area contributed by atoms with Gasteiger partial charge in [-0.05, 0) is 26.0 Å². The predicted octanol–water partition coefficient (Wildman–Crippen LogP) is 3.83. The van der Waals surface area contributed by atoms with Crippen LogP contribution in [-0.2, 0) is 0 Å². The van der Waals surface area contributed by atoms with Crippen LogP contribution in [0.1, 0.15) is 59.3 Å². The summed E-state index contributed by atoms with van der Waals surface area (Å²) in [7, 11) is 0. The maximum atomic E-state index is 4.34. The highest BCUT2D eigenvalue weighted by Crippen LogP contribution is 2.28. The van der Waals surface area contributed by atoms with Crippen molar-refractivity contribution in [3.63, 3.8) is 0 Å². The van der Waals surface area contributed by atoms with E-state index in [2.05, 4.69) is 32.5 Å². The van der Waals surface area contributed by atoms with Crippen LogP contribution in [0.5, 0.6) is 0 Å². The minimum Gasteiger partial charge on any atom is -0.294 e. The van der Waals surface area contributed by atoms with Crippen LogP contribution < -0.4 is 0 Å². The molecule has 0 saturated heterocycles. The Balaban J connectivity index is 4.16. The molecule has 0 heterocycles. The van der Waals surface area contributed by atoms with Crippen LogP contribution in [0.25, 0.3) is 0 Å². The van der Waals surface area contributed by atoms with Crippen molar-refractivity contribution in [2.75, 3.05) is 0 Å². The van der Waals surface area contributed by atoms with Gasteiger partial charge in [-0.3, -0.25) is 4.99 Å². The summed E-state index contributed by atoms with van der Waals surface area (Å²) < 4.78 is 0. The lowest BCUT2D eigenvalue weighted by Gasteiger charge is -2.28. The smallest absolute Gasteiger partial charge is 0.0600 e. The zero-order chi connectivity index (χ0) is 9.45. The Morgan fingerprint density at radius 1 is 0.917 bits per heavy atom. The molecule has 12 heavy (non-hydrogen) atoms. The van der Waals surface area contributed by atoms with Gasteiger partial charge < -0.3 is 0 Å². The van der Waals surface area contributed by atoms with E-state index in [1.807, 2.05) is 0 Å². The van der Waals surface area contributed by atoms with Crippen LogP contribution in [-0.4, -0.2) is 12.3 Å². The molecule has 72 valence electrons. The minimum absolute atomic E-state index is 0.207. The van der Waals surface area contributed by atoms with Crippen LogP contribution in [0, 0.1) is 0 Å². The van der Waals surface area contributed by atoms with Gasteiger partial charge in [-0.1, -0.05) is 40.0 Å². The summed E-state index contributed by atoms with van der Waals surface area (Å²) in [5.41, 5.74) is 0.207. The third-order valence-electron chi connectivity index (χ3n) is 2.48. The Morgan fingerprint density at radius 3 is 1.42 bits per heavy atom. The zero-order valence-electron chi connectivity index (χ0n) is 8.90. The van der Waals surface area contributed by atoms with Crippen LogP contribution in [0.2, 0.25) is 0 Å². The van der Waals surface area contributed by atoms with Crippen LogP contribution in [0.15, 0.2) is 4.99 Å². The van der Waals surface area contributed by atoms with Crippen molar-refractivity contribution < 1.29 is 0 Å². The Labute approximate surface area is 77.3 Å². The van der Waals surface area contributed by atoms with E-state index in [-0.39, 0.29) is 5.54 Å². The number of hydrogen-bond donors (Lipinski definition) is 0. The van der Waals surface area contributed by atoms with Crippen molar-refractivity contribution in [1.82, 2.24) is 0 Å². The van der Waals surface area contributed by atoms with Crippen molar-refractivity contribution in [3.8, 4) is 0 Å². The van der Waals surface area contributed by atoms with Gasteiger partial charge in [0.1, 0.15) is 0 Å². The van der Waals surface area contributed by atoms with Crippen molar-refractivity contribution in [2.45, 2.75) is 64.8 Å². The van der Waals surface area contributed by atoms with Gasteiger partial charge in [0.05, 0.1) is 5.54 Å². The Hall–Kier alpha value is -0.330. The number of hydrogen-bond acceptors (Lipinski definition) is 1. The lowest BCUT2D eigenvalue weighted by molar-refractivity contribution is 0.335. The molecule has 0 rings (SSSR count). The van der Waals surface area contributed by atoms with Gasteiger partial charge in [0, 0.05) is 0 Å². The van der Waals surface area contributed by atoms with Crippen molar-refractivity contribution in [1.29, 1.82) is 0 Å². The Bertz CT molecular complexity index is 101. The second-order valence-corrected chi connectivity index (χ2v) is 3.63. The first-order valence-corrected chi connectivity index (χ1v) is 5.22. The summed E-state index contributed by atoms with van der Waals surface area (Å²) in [5, 5.41) is 0. The molecule has 0 aromatic rings. The maximum absolute atomic E-state index is 4.34. The highest BCUT2D eigenvalue weighted by molar-refractivity contribution is 5.26. The van der Waals surface area contributed by atoms with Crippen molar-refractivity contribution >= 4 is 6.72 Å². The molecule has 0 N–H and O–H groups in total. The highest BCUT2D eigenvalue weighted by Gasteiger charge is 2.24. The fourth-order valence-electron chi connectivity index (χ4n) is 2.01. The molecular formula is C11H23N. The third-order valence-corrected chi connectivity index (χ3v) is 2.48. The van der Waals surface area contributed by atoms with E-state index >= 15 is 0 Å². The summed E-state index contributed by atoms with van der Waals surface area (Å²) >= 11 is 0. The van der Waals surface area contributed by atoms with E-state index in [9.17, 15) is 0 Å². The summed E-state index contributed by atoms with van der Waals surface area (Å²) in [6, 6.07) is 0. The van der Waals surface area contributed by atoms with Crippen LogP contribution in [0.3, 0.4) is 0 Å². The predicted molar refractivity (Wildman–Crippen MR) is 57.0 cm³/mol. The molecule has 0 aromatic carbocycles. The molecular weight excluding hydrogens is 146 g/mol. The average molecular weight is 169 g/mol. The minimum atomic E-state index is 0.207. The van der Waals surface area contributed by atoms with E-state index in [4.69, 9.17) is 0 Å². The second kappa shape index (κ2) is 6.22. The lowest BCUT2D eigenvalue weighted by Crippen LogP contribution is -2.25. The summed E-state index contributed by atoms with van der Waals surface area (Å²) in [6.45, 7) is 10.4. The third kappa shape index (κ3) is 3.38. The highest BCUT2D eigenvalue weighted by atomic mass is 14.8. The van der Waals surface area contributed by atoms with Gasteiger partial charge in [-0.15, -0.1) is 0 Å². The topological polar surface area (TPSA) is 12.4 Å². The number of aliphatic imine (C=N–C) groups is 1. The van der Waals surface area contributed by atoms with Gasteiger partial charge >= 0.3 is 0 Å². The van der Waals surface area contributed by atoms with E-state index < -0.39 is 0 Å². The molecule has 0 fully saturated rings. The molecule has 0 bridgehead atoms. The van der Waals surface area contributed by atoms with E-state index in [1.54, 1.807) is 0 Å². The van der Waals surface area contributed by atoms with Crippen LogP contribution in [0.4, 0.5) is 0 Å². The molecule has 0 aromatic heterocycles. The molecule has 0 aliphatic heterocycles. The fourth-order valence-corrected chi connectivity index (χ4v) is 2.01. The van der Waals surface area contributed by atoms with E-state index in [0.717, 1.165) is 0 Å². The maximum Gasteiger partial charge on any atom is 0.0600 e. The fraction of sp³-hybridized carbons (Fsp3) is 0.909. The van der Waals surface area contributed by atoms with Gasteiger partial charge in [0.25, 0.3) is 0 Å². The van der Waals surface area contributed by atoms with Gasteiger partial charge in [-0.25, -0.2) is 0 Å². The molecule has 0 aliphatic rings. The normalized spacial score (nSPS) is 11.6. The summed E-state index contributed by atoms with van der Waals surface area (Å²) in [5.74, 6) is 0. The summed E-state index contributed by atoms with van der Waals surface area (Å²) in [4.78, 5) is 4.34. The molecule has 1 nitrogen and oxygen atoms in total. The number of nitrogens with zero attached hydrogens (tertiary/aromatic N) is 1. The Morgan fingerprint density at radius 2 is 1.25 bits per heavy atom. The zero-order valence-corrected chi connectivity index (χ0v) is 8.90. The molecule has 0 spiro atoms. The lowest BCUT2D eigenvalue weighted by atomic mass is 9.85. The first-order valence-electron chi connectivity index (χ1n) is 5.22. The molecule has 0 atom stereocenters. The molecule has 0 amide bonds. The van der Waals surface area contributed by atoms with Gasteiger partial charge in [0.15, 0.2) is 0 Å². The monoisotopic (exact) mass is 169 g/mol. The Kier molecular flexibility index (Phi) is 6.04. The largest absolute Gasteiger partial charge is 0.294 e. The van der Waals surface area contributed by atoms with Gasteiger partial charge in [-0.2, -0.15) is 0 Å².